The van der Waals surface area contributed by atoms with E-state index in [2.05, 4.69) is 15.2 Å². The maximum atomic E-state index is 12.9. The smallest absolute Gasteiger partial charge is 0.272 e. The summed E-state index contributed by atoms with van der Waals surface area (Å²) in [7, 11) is 1.94. The molecule has 160 valence electrons. The number of nitrogens with one attached hydrogen (secondary N) is 1. The highest BCUT2D eigenvalue weighted by atomic mass is 16.2. The van der Waals surface area contributed by atoms with Gasteiger partial charge < -0.3 is 4.90 Å². The van der Waals surface area contributed by atoms with E-state index in [1.165, 1.54) is 10.1 Å². The molecule has 1 amide bonds. The molecule has 1 N–H and O–H groups in total. The van der Waals surface area contributed by atoms with Gasteiger partial charge in [-0.25, -0.2) is 9.50 Å². The number of piperidine rings is 1. The van der Waals surface area contributed by atoms with Crippen molar-refractivity contribution in [1.29, 1.82) is 0 Å². The van der Waals surface area contributed by atoms with E-state index in [4.69, 9.17) is 0 Å². The minimum Gasteiger partial charge on any atom is -0.342 e. The molecule has 8 heteroatoms. The molecule has 3 aromatic rings. The van der Waals surface area contributed by atoms with E-state index in [9.17, 15) is 9.59 Å². The average Bonchev–Trinajstić information content (AvgIpc) is 3.27. The Kier molecular flexibility index (Phi) is 5.49. The van der Waals surface area contributed by atoms with E-state index < -0.39 is 0 Å². The van der Waals surface area contributed by atoms with Crippen LogP contribution in [0.2, 0.25) is 0 Å². The van der Waals surface area contributed by atoms with Gasteiger partial charge >= 0.3 is 0 Å². The van der Waals surface area contributed by atoms with Crippen molar-refractivity contribution < 1.29 is 4.79 Å². The minimum absolute atomic E-state index is 0.0888. The quantitative estimate of drug-likeness (QED) is 0.699. The SMILES string of the molecule is CCc1cc(=O)n2[nH]c(C3CCCN(C(=O)CCc4c(C)nn(C)c4C)C3)cc2n1. The summed E-state index contributed by atoms with van der Waals surface area (Å²) in [5, 5.41) is 7.66. The van der Waals surface area contributed by atoms with Crippen LogP contribution in [0.4, 0.5) is 0 Å². The molecular weight excluding hydrogens is 380 g/mol. The first-order chi connectivity index (χ1) is 14.4. The lowest BCUT2D eigenvalue weighted by Crippen LogP contribution is -2.39. The summed E-state index contributed by atoms with van der Waals surface area (Å²) in [6.07, 6.45) is 3.89. The van der Waals surface area contributed by atoms with E-state index in [0.29, 0.717) is 18.6 Å². The van der Waals surface area contributed by atoms with Gasteiger partial charge in [0, 0.05) is 61.7 Å². The van der Waals surface area contributed by atoms with Crippen LogP contribution in [0.1, 0.15) is 60.4 Å². The molecular formula is C22H30N6O2. The largest absolute Gasteiger partial charge is 0.342 e. The Balaban J connectivity index is 1.46. The van der Waals surface area contributed by atoms with Gasteiger partial charge in [0.15, 0.2) is 5.65 Å². The van der Waals surface area contributed by atoms with E-state index >= 15 is 0 Å². The number of H-pyrrole nitrogens is 1. The zero-order valence-electron chi connectivity index (χ0n) is 18.2. The molecule has 0 aliphatic carbocycles. The zero-order chi connectivity index (χ0) is 21.4. The van der Waals surface area contributed by atoms with Crippen LogP contribution in [0, 0.1) is 13.8 Å². The van der Waals surface area contributed by atoms with Gasteiger partial charge in [-0.15, -0.1) is 0 Å². The van der Waals surface area contributed by atoms with Gasteiger partial charge in [0.25, 0.3) is 5.56 Å². The highest BCUT2D eigenvalue weighted by molar-refractivity contribution is 5.76. The predicted molar refractivity (Wildman–Crippen MR) is 115 cm³/mol. The molecule has 30 heavy (non-hydrogen) atoms. The lowest BCUT2D eigenvalue weighted by Gasteiger charge is -2.32. The van der Waals surface area contributed by atoms with Gasteiger partial charge in [0.05, 0.1) is 5.69 Å². The summed E-state index contributed by atoms with van der Waals surface area (Å²) in [6.45, 7) is 7.50. The molecule has 1 unspecified atom stereocenters. The van der Waals surface area contributed by atoms with Crippen LogP contribution >= 0.6 is 0 Å². The van der Waals surface area contributed by atoms with E-state index in [1.807, 2.05) is 43.5 Å². The number of hydrogen-bond donors (Lipinski definition) is 1. The fraction of sp³-hybridized carbons (Fsp3) is 0.545. The Morgan fingerprint density at radius 2 is 2.10 bits per heavy atom. The minimum atomic E-state index is -0.0888. The monoisotopic (exact) mass is 410 g/mol. The number of carbonyl (C=O) groups is 1. The third-order valence-corrected chi connectivity index (χ3v) is 6.35. The summed E-state index contributed by atoms with van der Waals surface area (Å²) >= 11 is 0. The first kappa shape index (κ1) is 20.4. The first-order valence-electron chi connectivity index (χ1n) is 10.8. The third-order valence-electron chi connectivity index (χ3n) is 6.35. The molecule has 0 spiro atoms. The van der Waals surface area contributed by atoms with Gasteiger partial charge in [-0.1, -0.05) is 6.92 Å². The normalized spacial score (nSPS) is 17.1. The van der Waals surface area contributed by atoms with Crippen molar-refractivity contribution in [3.8, 4) is 0 Å². The molecule has 4 heterocycles. The summed E-state index contributed by atoms with van der Waals surface area (Å²) in [6, 6.07) is 3.54. The number of aromatic nitrogens is 5. The van der Waals surface area contributed by atoms with Gasteiger partial charge in [0.1, 0.15) is 0 Å². The lowest BCUT2D eigenvalue weighted by molar-refractivity contribution is -0.132. The van der Waals surface area contributed by atoms with Crippen LogP contribution in [-0.4, -0.2) is 48.3 Å². The Morgan fingerprint density at radius 3 is 2.80 bits per heavy atom. The van der Waals surface area contributed by atoms with Crippen molar-refractivity contribution in [2.75, 3.05) is 13.1 Å². The topological polar surface area (TPSA) is 88.3 Å². The molecule has 4 rings (SSSR count). The number of nitrogens with zero attached hydrogens (tertiary/aromatic N) is 5. The van der Waals surface area contributed by atoms with Gasteiger partial charge in [-0.05, 0) is 45.1 Å². The molecule has 1 aliphatic heterocycles. The zero-order valence-corrected chi connectivity index (χ0v) is 18.2. The number of amides is 1. The van der Waals surface area contributed by atoms with Crippen LogP contribution in [0.25, 0.3) is 5.65 Å². The number of aromatic amines is 1. The lowest BCUT2D eigenvalue weighted by atomic mass is 9.94. The van der Waals surface area contributed by atoms with E-state index in [0.717, 1.165) is 55.0 Å². The molecule has 0 aromatic carbocycles. The van der Waals surface area contributed by atoms with Gasteiger partial charge in [-0.2, -0.15) is 5.10 Å². The number of rotatable bonds is 5. The maximum Gasteiger partial charge on any atom is 0.272 e. The number of likely N-dealkylation sites (tertiary alicyclic amines) is 1. The molecule has 3 aromatic heterocycles. The highest BCUT2D eigenvalue weighted by Crippen LogP contribution is 2.27. The summed E-state index contributed by atoms with van der Waals surface area (Å²) in [5.74, 6) is 0.373. The van der Waals surface area contributed by atoms with Gasteiger partial charge in [-0.3, -0.25) is 19.4 Å². The van der Waals surface area contributed by atoms with Crippen molar-refractivity contribution in [2.45, 2.75) is 58.8 Å². The Hall–Kier alpha value is -2.90. The Morgan fingerprint density at radius 1 is 1.30 bits per heavy atom. The van der Waals surface area contributed by atoms with Crippen molar-refractivity contribution in [3.63, 3.8) is 0 Å². The van der Waals surface area contributed by atoms with Crippen molar-refractivity contribution in [2.24, 2.45) is 7.05 Å². The van der Waals surface area contributed by atoms with Crippen LogP contribution < -0.4 is 5.56 Å². The molecule has 0 radical (unpaired) electrons. The summed E-state index contributed by atoms with van der Waals surface area (Å²) < 4.78 is 3.38. The maximum absolute atomic E-state index is 12.9. The second-order valence-electron chi connectivity index (χ2n) is 8.30. The van der Waals surface area contributed by atoms with Crippen molar-refractivity contribution >= 4 is 11.6 Å². The number of fused-ring (bicyclic) bond motifs is 1. The van der Waals surface area contributed by atoms with Crippen molar-refractivity contribution in [3.05, 3.63) is 50.8 Å². The molecule has 1 atom stereocenters. The second kappa shape index (κ2) is 8.08. The number of aryl methyl sites for hydroxylation is 3. The standard InChI is InChI=1S/C22H30N6O2/c1-5-17-11-22(30)28-20(23-17)12-19(25-28)16-7-6-10-27(13-16)21(29)9-8-18-14(2)24-26(4)15(18)3/h11-12,16,25H,5-10,13H2,1-4H3. The third kappa shape index (κ3) is 3.78. The predicted octanol–water partition coefficient (Wildman–Crippen LogP) is 2.27. The second-order valence-corrected chi connectivity index (χ2v) is 8.30. The van der Waals surface area contributed by atoms with E-state index in [-0.39, 0.29) is 17.4 Å². The molecule has 1 aliphatic rings. The van der Waals surface area contributed by atoms with Crippen LogP contribution in [-0.2, 0) is 24.7 Å². The molecule has 8 nitrogen and oxygen atoms in total. The van der Waals surface area contributed by atoms with Crippen LogP contribution in [0.3, 0.4) is 0 Å². The Bertz CT molecular complexity index is 1140. The number of hydrogen-bond acceptors (Lipinski definition) is 4. The molecule has 1 fully saturated rings. The average molecular weight is 411 g/mol. The van der Waals surface area contributed by atoms with Crippen molar-refractivity contribution in [1.82, 2.24) is 29.3 Å². The first-order valence-corrected chi connectivity index (χ1v) is 10.8. The number of carbonyl (C=O) groups excluding carboxylic acids is 1. The van der Waals surface area contributed by atoms with Crippen LogP contribution in [0.15, 0.2) is 16.9 Å². The molecule has 0 bridgehead atoms. The highest BCUT2D eigenvalue weighted by Gasteiger charge is 2.26. The van der Waals surface area contributed by atoms with Crippen LogP contribution in [0.5, 0.6) is 0 Å². The fourth-order valence-corrected chi connectivity index (χ4v) is 4.48. The fourth-order valence-electron chi connectivity index (χ4n) is 4.48. The van der Waals surface area contributed by atoms with Gasteiger partial charge in [0.2, 0.25) is 5.91 Å². The molecule has 1 saturated heterocycles. The summed E-state index contributed by atoms with van der Waals surface area (Å²) in [5.41, 5.74) is 5.64. The Labute approximate surface area is 175 Å². The molecule has 0 saturated carbocycles. The summed E-state index contributed by atoms with van der Waals surface area (Å²) in [4.78, 5) is 31.7. The van der Waals surface area contributed by atoms with E-state index in [1.54, 1.807) is 6.07 Å².